The van der Waals surface area contributed by atoms with Crippen LogP contribution in [0.25, 0.3) is 0 Å². The Morgan fingerprint density at radius 3 is 2.46 bits per heavy atom. The van der Waals surface area contributed by atoms with E-state index in [0.717, 1.165) is 15.5 Å². The molecule has 0 spiro atoms. The van der Waals surface area contributed by atoms with E-state index in [1.807, 2.05) is 24.4 Å². The van der Waals surface area contributed by atoms with Crippen LogP contribution < -0.4 is 10.1 Å². The molecule has 0 aliphatic carbocycles. The SMILES string of the molecule is COc1cc(C)c(Sc2csc(Nc3cc(Cl)nc(C)n3)n2)cc1C(=O)N1CCN(C(C)=O)CC1. The van der Waals surface area contributed by atoms with Gasteiger partial charge in [0, 0.05) is 49.4 Å². The monoisotopic (exact) mass is 532 g/mol. The predicted octanol–water partition coefficient (Wildman–Crippen LogP) is 4.41. The first-order chi connectivity index (χ1) is 16.7. The van der Waals surface area contributed by atoms with E-state index in [4.69, 9.17) is 16.3 Å². The maximum Gasteiger partial charge on any atom is 0.257 e. The summed E-state index contributed by atoms with van der Waals surface area (Å²) in [6, 6.07) is 5.38. The van der Waals surface area contributed by atoms with Crippen molar-refractivity contribution in [3.8, 4) is 5.75 Å². The fourth-order valence-electron chi connectivity index (χ4n) is 3.68. The number of piperazine rings is 1. The molecule has 0 bridgehead atoms. The van der Waals surface area contributed by atoms with Crippen molar-refractivity contribution >= 4 is 57.5 Å². The number of hydrogen-bond acceptors (Lipinski definition) is 9. The fourth-order valence-corrected chi connectivity index (χ4v) is 5.64. The summed E-state index contributed by atoms with van der Waals surface area (Å²) in [4.78, 5) is 42.4. The largest absolute Gasteiger partial charge is 0.496 e. The van der Waals surface area contributed by atoms with Gasteiger partial charge >= 0.3 is 0 Å². The summed E-state index contributed by atoms with van der Waals surface area (Å²) in [6.45, 7) is 7.34. The van der Waals surface area contributed by atoms with E-state index in [2.05, 4.69) is 20.3 Å². The molecule has 0 saturated carbocycles. The number of nitrogens with zero attached hydrogens (tertiary/aromatic N) is 5. The van der Waals surface area contributed by atoms with E-state index in [9.17, 15) is 9.59 Å². The van der Waals surface area contributed by atoms with E-state index >= 15 is 0 Å². The third kappa shape index (κ3) is 6.03. The van der Waals surface area contributed by atoms with Crippen LogP contribution in [0.3, 0.4) is 0 Å². The van der Waals surface area contributed by atoms with Gasteiger partial charge in [-0.25, -0.2) is 15.0 Å². The highest BCUT2D eigenvalue weighted by Gasteiger charge is 2.26. The highest BCUT2D eigenvalue weighted by Crippen LogP contribution is 2.36. The van der Waals surface area contributed by atoms with Crippen LogP contribution in [0.5, 0.6) is 5.75 Å². The molecule has 2 amide bonds. The van der Waals surface area contributed by atoms with Crippen LogP contribution in [0.2, 0.25) is 5.15 Å². The molecule has 12 heteroatoms. The van der Waals surface area contributed by atoms with Gasteiger partial charge < -0.3 is 19.9 Å². The number of carbonyl (C=O) groups excluding carboxylic acids is 2. The average Bonchev–Trinajstić information content (AvgIpc) is 3.25. The normalized spacial score (nSPS) is 13.6. The van der Waals surface area contributed by atoms with Crippen molar-refractivity contribution in [2.24, 2.45) is 0 Å². The van der Waals surface area contributed by atoms with Crippen LogP contribution in [0, 0.1) is 13.8 Å². The highest BCUT2D eigenvalue weighted by atomic mass is 35.5. The second-order valence-electron chi connectivity index (χ2n) is 7.96. The Labute approximate surface area is 216 Å². The minimum Gasteiger partial charge on any atom is -0.496 e. The molecular formula is C23H25ClN6O3S2. The Bertz CT molecular complexity index is 1240. The molecule has 3 aromatic rings. The number of nitrogens with one attached hydrogen (secondary N) is 1. The maximum atomic E-state index is 13.3. The lowest BCUT2D eigenvalue weighted by molar-refractivity contribution is -0.130. The van der Waals surface area contributed by atoms with E-state index in [-0.39, 0.29) is 11.8 Å². The van der Waals surface area contributed by atoms with Gasteiger partial charge in [0.05, 0.1) is 12.7 Å². The Hall–Kier alpha value is -2.89. The lowest BCUT2D eigenvalue weighted by Gasteiger charge is -2.34. The van der Waals surface area contributed by atoms with Crippen molar-refractivity contribution in [2.75, 3.05) is 38.6 Å². The molecule has 4 rings (SSSR count). The predicted molar refractivity (Wildman–Crippen MR) is 137 cm³/mol. The summed E-state index contributed by atoms with van der Waals surface area (Å²) < 4.78 is 5.52. The molecule has 0 unspecified atom stereocenters. The number of hydrogen-bond donors (Lipinski definition) is 1. The summed E-state index contributed by atoms with van der Waals surface area (Å²) in [5.41, 5.74) is 1.47. The topological polar surface area (TPSA) is 101 Å². The van der Waals surface area contributed by atoms with Gasteiger partial charge in [0.25, 0.3) is 5.91 Å². The Kier molecular flexibility index (Phi) is 7.78. The molecule has 1 N–H and O–H groups in total. The molecular weight excluding hydrogens is 508 g/mol. The molecule has 9 nitrogen and oxygen atoms in total. The number of halogens is 1. The molecule has 1 saturated heterocycles. The summed E-state index contributed by atoms with van der Waals surface area (Å²) in [6.07, 6.45) is 0. The zero-order chi connectivity index (χ0) is 25.1. The van der Waals surface area contributed by atoms with Crippen LogP contribution in [-0.2, 0) is 4.79 Å². The number of ether oxygens (including phenoxy) is 1. The number of thiazole rings is 1. The lowest BCUT2D eigenvalue weighted by atomic mass is 10.1. The van der Waals surface area contributed by atoms with Crippen molar-refractivity contribution in [1.82, 2.24) is 24.8 Å². The van der Waals surface area contributed by atoms with Crippen molar-refractivity contribution < 1.29 is 14.3 Å². The smallest absolute Gasteiger partial charge is 0.257 e. The molecule has 1 fully saturated rings. The van der Waals surface area contributed by atoms with Gasteiger partial charge in [-0.3, -0.25) is 9.59 Å². The number of methoxy groups -OCH3 is 1. The van der Waals surface area contributed by atoms with Gasteiger partial charge in [-0.1, -0.05) is 23.4 Å². The number of rotatable bonds is 6. The first-order valence-electron chi connectivity index (χ1n) is 10.9. The van der Waals surface area contributed by atoms with E-state index in [1.165, 1.54) is 23.1 Å². The molecule has 0 atom stereocenters. The summed E-state index contributed by atoms with van der Waals surface area (Å²) in [5.74, 6) is 1.59. The van der Waals surface area contributed by atoms with Crippen LogP contribution in [0.4, 0.5) is 10.9 Å². The van der Waals surface area contributed by atoms with Crippen molar-refractivity contribution in [1.29, 1.82) is 0 Å². The second-order valence-corrected chi connectivity index (χ2v) is 10.3. The van der Waals surface area contributed by atoms with Crippen molar-refractivity contribution in [2.45, 2.75) is 30.7 Å². The first-order valence-corrected chi connectivity index (χ1v) is 13.0. The highest BCUT2D eigenvalue weighted by molar-refractivity contribution is 7.99. The van der Waals surface area contributed by atoms with Gasteiger partial charge in [0.1, 0.15) is 27.6 Å². The molecule has 1 aliphatic heterocycles. The van der Waals surface area contributed by atoms with E-state index in [1.54, 1.807) is 36.8 Å². The van der Waals surface area contributed by atoms with Gasteiger partial charge in [-0.2, -0.15) is 0 Å². The second kappa shape index (κ2) is 10.8. The zero-order valence-electron chi connectivity index (χ0n) is 19.8. The Balaban J connectivity index is 1.51. The van der Waals surface area contributed by atoms with Crippen LogP contribution in [-0.4, -0.2) is 69.9 Å². The lowest BCUT2D eigenvalue weighted by Crippen LogP contribution is -2.50. The number of aromatic nitrogens is 3. The first kappa shape index (κ1) is 25.2. The van der Waals surface area contributed by atoms with Crippen molar-refractivity contribution in [3.05, 3.63) is 45.7 Å². The maximum absolute atomic E-state index is 13.3. The molecule has 1 aliphatic rings. The van der Waals surface area contributed by atoms with Crippen LogP contribution in [0.15, 0.2) is 33.5 Å². The summed E-state index contributed by atoms with van der Waals surface area (Å²) in [5, 5.41) is 6.92. The van der Waals surface area contributed by atoms with E-state index in [0.29, 0.717) is 59.4 Å². The molecule has 184 valence electrons. The number of amides is 2. The Morgan fingerprint density at radius 2 is 1.80 bits per heavy atom. The summed E-state index contributed by atoms with van der Waals surface area (Å²) in [7, 11) is 1.56. The summed E-state index contributed by atoms with van der Waals surface area (Å²) >= 11 is 8.94. The van der Waals surface area contributed by atoms with E-state index < -0.39 is 0 Å². The molecule has 35 heavy (non-hydrogen) atoms. The van der Waals surface area contributed by atoms with Gasteiger partial charge in [-0.15, -0.1) is 11.3 Å². The van der Waals surface area contributed by atoms with Gasteiger partial charge in [-0.05, 0) is 31.5 Å². The molecule has 1 aromatic carbocycles. The number of anilines is 2. The van der Waals surface area contributed by atoms with Crippen LogP contribution in [0.1, 0.15) is 28.7 Å². The van der Waals surface area contributed by atoms with Crippen LogP contribution >= 0.6 is 34.7 Å². The van der Waals surface area contributed by atoms with Gasteiger partial charge in [0.2, 0.25) is 5.91 Å². The van der Waals surface area contributed by atoms with Gasteiger partial charge in [0.15, 0.2) is 5.13 Å². The number of carbonyl (C=O) groups is 2. The third-order valence-corrected chi connectivity index (χ3v) is 7.66. The number of benzene rings is 1. The fraction of sp³-hybridized carbons (Fsp3) is 0.348. The standard InChI is InChI=1S/C23H25ClN6O3S2/c1-13-9-17(33-4)16(22(32)30-7-5-29(6-8-30)15(3)31)10-18(13)35-21-12-34-23(28-21)27-20-11-19(24)25-14(2)26-20/h9-12H,5-8H2,1-4H3,(H,25,26,27,28). The van der Waals surface area contributed by atoms with Crippen molar-refractivity contribution in [3.63, 3.8) is 0 Å². The minimum absolute atomic E-state index is 0.0266. The molecule has 0 radical (unpaired) electrons. The average molecular weight is 533 g/mol. The zero-order valence-corrected chi connectivity index (χ0v) is 22.2. The number of aryl methyl sites for hydroxylation is 2. The minimum atomic E-state index is -0.108. The molecule has 3 heterocycles. The quantitative estimate of drug-likeness (QED) is 0.466. The molecule has 2 aromatic heterocycles. The Morgan fingerprint density at radius 1 is 1.09 bits per heavy atom. The third-order valence-electron chi connectivity index (χ3n) is 5.48.